The summed E-state index contributed by atoms with van der Waals surface area (Å²) in [6, 6.07) is 9.84. The third-order valence-electron chi connectivity index (χ3n) is 5.16. The summed E-state index contributed by atoms with van der Waals surface area (Å²) in [7, 11) is -0.800. The number of aryl methyl sites for hydroxylation is 1. The van der Waals surface area contributed by atoms with Gasteiger partial charge in [0.15, 0.2) is 0 Å². The molecule has 2 N–H and O–H groups in total. The fourth-order valence-corrected chi connectivity index (χ4v) is 3.99. The smallest absolute Gasteiger partial charge is 0.243 e. The molecule has 0 atom stereocenters. The Hall–Kier alpha value is -2.82. The van der Waals surface area contributed by atoms with Crippen molar-refractivity contribution in [1.29, 1.82) is 0 Å². The summed E-state index contributed by atoms with van der Waals surface area (Å²) in [6.45, 7) is 0.698. The van der Waals surface area contributed by atoms with Crippen molar-refractivity contribution in [2.45, 2.75) is 38.6 Å². The number of amides is 1. The first-order valence-electron chi connectivity index (χ1n) is 10.2. The number of benzene rings is 1. The zero-order valence-corrected chi connectivity index (χ0v) is 18.3. The second-order valence-corrected chi connectivity index (χ2v) is 8.46. The van der Waals surface area contributed by atoms with E-state index in [1.165, 1.54) is 4.31 Å². The Balaban J connectivity index is 1.55. The van der Waals surface area contributed by atoms with Gasteiger partial charge >= 0.3 is 0 Å². The molecule has 1 amide bonds. The molecule has 10 heteroatoms. The Bertz CT molecular complexity index is 1090. The van der Waals surface area contributed by atoms with Crippen LogP contribution in [0.4, 0.5) is 0 Å². The normalized spacial score (nSPS) is 11.5. The van der Waals surface area contributed by atoms with E-state index in [4.69, 9.17) is 5.21 Å². The van der Waals surface area contributed by atoms with Gasteiger partial charge in [-0.3, -0.25) is 19.7 Å². The first-order valence-corrected chi connectivity index (χ1v) is 11.3. The van der Waals surface area contributed by atoms with E-state index in [0.29, 0.717) is 19.4 Å². The van der Waals surface area contributed by atoms with Crippen LogP contribution in [0.5, 0.6) is 0 Å². The zero-order chi connectivity index (χ0) is 22.2. The highest BCUT2D eigenvalue weighted by Gasteiger charge is 2.10. The van der Waals surface area contributed by atoms with Gasteiger partial charge in [-0.05, 0) is 30.5 Å². The highest BCUT2D eigenvalue weighted by molar-refractivity contribution is 7.69. The summed E-state index contributed by atoms with van der Waals surface area (Å²) < 4.78 is 26.5. The second kappa shape index (κ2) is 11.0. The van der Waals surface area contributed by atoms with Gasteiger partial charge in [0.25, 0.3) is 0 Å². The molecule has 0 aliphatic rings. The molecule has 2 aromatic heterocycles. The van der Waals surface area contributed by atoms with Crippen LogP contribution in [-0.2, 0) is 29.3 Å². The van der Waals surface area contributed by atoms with Gasteiger partial charge in [0.1, 0.15) is 0 Å². The molecule has 0 aliphatic carbocycles. The minimum absolute atomic E-state index is 0.265. The molecule has 0 unspecified atom stereocenters. The molecule has 3 rings (SSSR count). The lowest BCUT2D eigenvalue weighted by Crippen LogP contribution is -2.22. The number of unbranched alkanes of at least 4 members (excludes halogenated alkanes) is 3. The maximum absolute atomic E-state index is 11.6. The van der Waals surface area contributed by atoms with Crippen molar-refractivity contribution in [3.63, 3.8) is 0 Å². The molecule has 31 heavy (non-hydrogen) atoms. The quantitative estimate of drug-likeness (QED) is 0.181. The van der Waals surface area contributed by atoms with Crippen molar-refractivity contribution in [2.75, 3.05) is 6.54 Å². The van der Waals surface area contributed by atoms with Gasteiger partial charge in [-0.1, -0.05) is 31.0 Å². The van der Waals surface area contributed by atoms with Gasteiger partial charge in [0.2, 0.25) is 16.8 Å². The number of hydrogen-bond donors (Lipinski definition) is 3. The number of carbonyl (C=O) groups excluding carboxylic acids is 1. The fraction of sp³-hybridized carbons (Fsp3) is 0.381. The predicted octanol–water partition coefficient (Wildman–Crippen LogP) is 2.42. The van der Waals surface area contributed by atoms with Crippen molar-refractivity contribution < 1.29 is 18.4 Å². The number of hydroxylamine groups is 1. The number of rotatable bonds is 11. The van der Waals surface area contributed by atoms with E-state index >= 15 is 0 Å². The molecule has 0 aliphatic heterocycles. The summed E-state index contributed by atoms with van der Waals surface area (Å²) in [4.78, 5) is 15.5. The molecule has 9 nitrogen and oxygen atoms in total. The van der Waals surface area contributed by atoms with E-state index in [0.717, 1.165) is 40.6 Å². The topological polar surface area (TPSA) is 117 Å². The van der Waals surface area contributed by atoms with Crippen LogP contribution in [0.3, 0.4) is 0 Å². The van der Waals surface area contributed by atoms with Crippen LogP contribution in [0.25, 0.3) is 22.2 Å². The van der Waals surface area contributed by atoms with Crippen LogP contribution >= 0.6 is 0 Å². The monoisotopic (exact) mass is 445 g/mol. The standard InChI is InChI=1S/C21H27N5O4S/c1-25-20-12-17(8-9-18(20)14-23-25)19-10-7-16(13-22-19)15-26(31(29)30)11-5-3-2-4-6-21(27)24-28/h7-10,12-14,28,31H,2-6,11,15H2,1H3,(H,24,27). The number of fused-ring (bicyclic) bond motifs is 1. The van der Waals surface area contributed by atoms with Crippen LogP contribution in [0.1, 0.15) is 37.7 Å². The Morgan fingerprint density at radius 1 is 1.13 bits per heavy atom. The Kier molecular flexibility index (Phi) is 8.10. The van der Waals surface area contributed by atoms with Gasteiger partial charge in [0, 0.05) is 43.7 Å². The molecule has 0 bridgehead atoms. The Labute approximate surface area is 182 Å². The van der Waals surface area contributed by atoms with Crippen LogP contribution in [0.15, 0.2) is 42.7 Å². The lowest BCUT2D eigenvalue weighted by Gasteiger charge is -2.15. The van der Waals surface area contributed by atoms with Gasteiger partial charge in [-0.2, -0.15) is 9.40 Å². The minimum Gasteiger partial charge on any atom is -0.289 e. The van der Waals surface area contributed by atoms with Gasteiger partial charge in [-0.15, -0.1) is 0 Å². The molecule has 0 saturated heterocycles. The van der Waals surface area contributed by atoms with E-state index in [9.17, 15) is 13.2 Å². The van der Waals surface area contributed by atoms with Crippen molar-refractivity contribution in [2.24, 2.45) is 7.05 Å². The first kappa shape index (κ1) is 22.9. The van der Waals surface area contributed by atoms with Gasteiger partial charge in [-0.25, -0.2) is 13.9 Å². The summed E-state index contributed by atoms with van der Waals surface area (Å²) in [6.07, 6.45) is 6.77. The molecule has 166 valence electrons. The SMILES string of the molecule is Cn1ncc2ccc(-c3ccc(CN(CCCCCCC(=O)NO)[SH](=O)=O)cn3)cc21. The van der Waals surface area contributed by atoms with E-state index in [1.807, 2.05) is 48.3 Å². The van der Waals surface area contributed by atoms with Crippen molar-refractivity contribution in [3.8, 4) is 11.3 Å². The third kappa shape index (κ3) is 6.33. The number of nitrogens with zero attached hydrogens (tertiary/aromatic N) is 4. The third-order valence-corrected chi connectivity index (χ3v) is 5.96. The van der Waals surface area contributed by atoms with Crippen LogP contribution in [-0.4, -0.2) is 45.1 Å². The number of hydrogen-bond acceptors (Lipinski definition) is 6. The maximum Gasteiger partial charge on any atom is 0.243 e. The van der Waals surface area contributed by atoms with Crippen molar-refractivity contribution >= 4 is 27.7 Å². The van der Waals surface area contributed by atoms with E-state index in [1.54, 1.807) is 11.7 Å². The molecule has 0 radical (unpaired) electrons. The molecule has 3 aromatic rings. The van der Waals surface area contributed by atoms with Crippen LogP contribution in [0, 0.1) is 0 Å². The highest BCUT2D eigenvalue weighted by atomic mass is 32.2. The molecule has 0 fully saturated rings. The van der Waals surface area contributed by atoms with Gasteiger partial charge in [0.05, 0.1) is 17.4 Å². The fourth-order valence-electron chi connectivity index (χ4n) is 3.41. The first-order chi connectivity index (χ1) is 15.0. The summed E-state index contributed by atoms with van der Waals surface area (Å²) in [5.74, 6) is -0.402. The highest BCUT2D eigenvalue weighted by Crippen LogP contribution is 2.23. The summed E-state index contributed by atoms with van der Waals surface area (Å²) >= 11 is 0. The largest absolute Gasteiger partial charge is 0.289 e. The van der Waals surface area contributed by atoms with Crippen molar-refractivity contribution in [1.82, 2.24) is 24.5 Å². The molecular formula is C21H27N5O4S. The number of thiol groups is 1. The van der Waals surface area contributed by atoms with Crippen LogP contribution in [0.2, 0.25) is 0 Å². The van der Waals surface area contributed by atoms with E-state index in [-0.39, 0.29) is 13.0 Å². The molecule has 1 aromatic carbocycles. The van der Waals surface area contributed by atoms with Crippen LogP contribution < -0.4 is 5.48 Å². The molecule has 0 saturated carbocycles. The van der Waals surface area contributed by atoms with Crippen molar-refractivity contribution in [3.05, 3.63) is 48.3 Å². The average Bonchev–Trinajstić information content (AvgIpc) is 3.15. The predicted molar refractivity (Wildman–Crippen MR) is 118 cm³/mol. The molecule has 0 spiro atoms. The number of nitrogens with one attached hydrogen (secondary N) is 1. The lowest BCUT2D eigenvalue weighted by atomic mass is 10.1. The number of carbonyl (C=O) groups is 1. The summed E-state index contributed by atoms with van der Waals surface area (Å²) in [5, 5.41) is 13.8. The second-order valence-electron chi connectivity index (χ2n) is 7.42. The van der Waals surface area contributed by atoms with E-state index in [2.05, 4.69) is 10.1 Å². The Morgan fingerprint density at radius 3 is 2.65 bits per heavy atom. The van der Waals surface area contributed by atoms with Gasteiger partial charge < -0.3 is 0 Å². The molecular weight excluding hydrogens is 418 g/mol. The zero-order valence-electron chi connectivity index (χ0n) is 17.4. The minimum atomic E-state index is -2.70. The maximum atomic E-state index is 11.6. The number of aromatic nitrogens is 3. The Morgan fingerprint density at radius 2 is 1.94 bits per heavy atom. The summed E-state index contributed by atoms with van der Waals surface area (Å²) in [5.41, 5.74) is 5.24. The average molecular weight is 446 g/mol. The number of pyridine rings is 1. The molecule has 2 heterocycles. The van der Waals surface area contributed by atoms with E-state index < -0.39 is 16.8 Å². The lowest BCUT2D eigenvalue weighted by molar-refractivity contribution is -0.129.